The Morgan fingerprint density at radius 3 is 2.19 bits per heavy atom. The molecular weight excluding hydrogens is 373 g/mol. The van der Waals surface area contributed by atoms with Crippen LogP contribution in [0.2, 0.25) is 0 Å². The number of hydrogen-bond acceptors (Lipinski definition) is 2. The minimum absolute atomic E-state index is 0.0367. The summed E-state index contributed by atoms with van der Waals surface area (Å²) in [6.07, 6.45) is -5.77. The third kappa shape index (κ3) is 5.50. The van der Waals surface area contributed by atoms with E-state index in [-0.39, 0.29) is 5.56 Å². The molecule has 0 aliphatic heterocycles. The van der Waals surface area contributed by atoms with Crippen molar-refractivity contribution < 1.29 is 36.6 Å². The van der Waals surface area contributed by atoms with E-state index in [0.29, 0.717) is 0 Å². The molecule has 0 fully saturated rings. The number of hydrogen-bond donors (Lipinski definition) is 2. The lowest BCUT2D eigenvalue weighted by atomic mass is 10.0. The van der Waals surface area contributed by atoms with E-state index in [1.54, 1.807) is 0 Å². The molecule has 4 nitrogen and oxygen atoms in total. The summed E-state index contributed by atoms with van der Waals surface area (Å²) >= 11 is 0. The Bertz CT molecular complexity index is 831. The molecule has 2 aromatic carbocycles. The van der Waals surface area contributed by atoms with Crippen LogP contribution in [0.5, 0.6) is 0 Å². The fourth-order valence-corrected chi connectivity index (χ4v) is 2.42. The molecule has 0 bridgehead atoms. The van der Waals surface area contributed by atoms with Crippen molar-refractivity contribution in [2.75, 3.05) is 0 Å². The first-order chi connectivity index (χ1) is 12.6. The number of nitrogens with one attached hydrogen (secondary N) is 1. The maximum atomic E-state index is 13.6. The van der Waals surface area contributed by atoms with Crippen LogP contribution >= 0.6 is 0 Å². The molecule has 9 heteroatoms. The van der Waals surface area contributed by atoms with Crippen molar-refractivity contribution in [1.82, 2.24) is 5.32 Å². The highest BCUT2D eigenvalue weighted by molar-refractivity contribution is 5.85. The molecule has 1 amide bonds. The van der Waals surface area contributed by atoms with Crippen molar-refractivity contribution in [3.8, 4) is 0 Å². The minimum atomic E-state index is -4.60. The molecule has 0 aliphatic rings. The van der Waals surface area contributed by atoms with Gasteiger partial charge in [0.2, 0.25) is 5.91 Å². The first-order valence-electron chi connectivity index (χ1n) is 7.69. The van der Waals surface area contributed by atoms with Gasteiger partial charge in [-0.05, 0) is 23.8 Å². The topological polar surface area (TPSA) is 66.4 Å². The molecule has 2 N–H and O–H groups in total. The Kier molecular flexibility index (Phi) is 6.14. The SMILES string of the molecule is O=C(Cc1c(F)cccc1F)N[C@@H](Cc1cccc(C(F)(F)F)c1)C(=O)O. The first-order valence-corrected chi connectivity index (χ1v) is 7.69. The van der Waals surface area contributed by atoms with Crippen LogP contribution in [0.1, 0.15) is 16.7 Å². The summed E-state index contributed by atoms with van der Waals surface area (Å²) in [5.41, 5.74) is -1.45. The van der Waals surface area contributed by atoms with Gasteiger partial charge < -0.3 is 10.4 Å². The molecule has 144 valence electrons. The fourth-order valence-electron chi connectivity index (χ4n) is 2.42. The molecule has 0 spiro atoms. The van der Waals surface area contributed by atoms with Crippen LogP contribution in [0.15, 0.2) is 42.5 Å². The molecule has 2 rings (SSSR count). The van der Waals surface area contributed by atoms with Gasteiger partial charge in [-0.25, -0.2) is 13.6 Å². The average Bonchev–Trinajstić information content (AvgIpc) is 2.57. The molecule has 0 heterocycles. The smallest absolute Gasteiger partial charge is 0.416 e. The van der Waals surface area contributed by atoms with E-state index >= 15 is 0 Å². The summed E-state index contributed by atoms with van der Waals surface area (Å²) < 4.78 is 65.3. The van der Waals surface area contributed by atoms with Crippen LogP contribution in [0.4, 0.5) is 22.0 Å². The van der Waals surface area contributed by atoms with E-state index in [1.165, 1.54) is 6.07 Å². The van der Waals surface area contributed by atoms with Crippen molar-refractivity contribution in [3.05, 3.63) is 70.8 Å². The van der Waals surface area contributed by atoms with Crippen LogP contribution in [-0.2, 0) is 28.6 Å². The summed E-state index contributed by atoms with van der Waals surface area (Å²) in [7, 11) is 0. The Morgan fingerprint density at radius 1 is 1.04 bits per heavy atom. The van der Waals surface area contributed by atoms with Gasteiger partial charge in [0.15, 0.2) is 0 Å². The Hall–Kier alpha value is -2.97. The number of carbonyl (C=O) groups is 2. The monoisotopic (exact) mass is 387 g/mol. The molecule has 2 aromatic rings. The number of carboxylic acid groups (broad SMARTS) is 1. The second-order valence-electron chi connectivity index (χ2n) is 5.74. The summed E-state index contributed by atoms with van der Waals surface area (Å²) in [5.74, 6) is -4.39. The summed E-state index contributed by atoms with van der Waals surface area (Å²) in [6.45, 7) is 0. The van der Waals surface area contributed by atoms with Crippen molar-refractivity contribution in [1.29, 1.82) is 0 Å². The van der Waals surface area contributed by atoms with E-state index in [0.717, 1.165) is 36.4 Å². The van der Waals surface area contributed by atoms with Crippen molar-refractivity contribution >= 4 is 11.9 Å². The highest BCUT2D eigenvalue weighted by Gasteiger charge is 2.31. The Labute approximate surface area is 150 Å². The molecule has 27 heavy (non-hydrogen) atoms. The average molecular weight is 387 g/mol. The zero-order valence-corrected chi connectivity index (χ0v) is 13.7. The number of carboxylic acids is 1. The summed E-state index contributed by atoms with van der Waals surface area (Å²) in [6, 6.07) is 5.46. The lowest BCUT2D eigenvalue weighted by Gasteiger charge is -2.16. The maximum Gasteiger partial charge on any atom is 0.416 e. The highest BCUT2D eigenvalue weighted by Crippen LogP contribution is 2.29. The van der Waals surface area contributed by atoms with Crippen molar-refractivity contribution in [3.63, 3.8) is 0 Å². The van der Waals surface area contributed by atoms with Crippen LogP contribution < -0.4 is 5.32 Å². The number of amides is 1. The predicted octanol–water partition coefficient (Wildman–Crippen LogP) is 3.34. The number of alkyl halides is 3. The number of carbonyl (C=O) groups excluding carboxylic acids is 1. The van der Waals surface area contributed by atoms with Crippen molar-refractivity contribution in [2.24, 2.45) is 0 Å². The molecule has 0 saturated heterocycles. The largest absolute Gasteiger partial charge is 0.480 e. The van der Waals surface area contributed by atoms with Gasteiger partial charge in [0.05, 0.1) is 12.0 Å². The second kappa shape index (κ2) is 8.15. The number of benzene rings is 2. The van der Waals surface area contributed by atoms with Crippen molar-refractivity contribution in [2.45, 2.75) is 25.1 Å². The van der Waals surface area contributed by atoms with Crippen LogP contribution in [0.3, 0.4) is 0 Å². The molecule has 0 saturated carbocycles. The number of halogens is 5. The van der Waals surface area contributed by atoms with E-state index in [1.807, 2.05) is 0 Å². The zero-order valence-electron chi connectivity index (χ0n) is 13.7. The minimum Gasteiger partial charge on any atom is -0.480 e. The fraction of sp³-hybridized carbons (Fsp3) is 0.222. The molecule has 0 aromatic heterocycles. The normalized spacial score (nSPS) is 12.5. The van der Waals surface area contributed by atoms with Gasteiger partial charge in [0, 0.05) is 12.0 Å². The van der Waals surface area contributed by atoms with Gasteiger partial charge >= 0.3 is 12.1 Å². The maximum absolute atomic E-state index is 13.6. The van der Waals surface area contributed by atoms with E-state index < -0.39 is 59.7 Å². The van der Waals surface area contributed by atoms with Crippen LogP contribution in [0, 0.1) is 11.6 Å². The standard InChI is InChI=1S/C18H14F5NO3/c19-13-5-2-6-14(20)12(13)9-16(25)24-15(17(26)27)8-10-3-1-4-11(7-10)18(21,22)23/h1-7,15H,8-9H2,(H,24,25)(H,26,27)/t15-/m0/s1. The third-order valence-electron chi connectivity index (χ3n) is 3.73. The van der Waals surface area contributed by atoms with Crippen LogP contribution in [-0.4, -0.2) is 23.0 Å². The van der Waals surface area contributed by atoms with Gasteiger partial charge in [-0.3, -0.25) is 4.79 Å². The number of aliphatic carboxylic acids is 1. The molecule has 1 atom stereocenters. The summed E-state index contributed by atoms with van der Waals surface area (Å²) in [5, 5.41) is 11.3. The molecular formula is C18H14F5NO3. The van der Waals surface area contributed by atoms with E-state index in [9.17, 15) is 36.6 Å². The molecule has 0 radical (unpaired) electrons. The van der Waals surface area contributed by atoms with Gasteiger partial charge in [-0.15, -0.1) is 0 Å². The van der Waals surface area contributed by atoms with E-state index in [2.05, 4.69) is 5.32 Å². The van der Waals surface area contributed by atoms with Gasteiger partial charge in [0.25, 0.3) is 0 Å². The predicted molar refractivity (Wildman–Crippen MR) is 84.8 cm³/mol. The Morgan fingerprint density at radius 2 is 1.63 bits per heavy atom. The van der Waals surface area contributed by atoms with Crippen LogP contribution in [0.25, 0.3) is 0 Å². The van der Waals surface area contributed by atoms with E-state index in [4.69, 9.17) is 0 Å². The number of rotatable bonds is 6. The Balaban J connectivity index is 2.12. The molecule has 0 unspecified atom stereocenters. The quantitative estimate of drug-likeness (QED) is 0.748. The van der Waals surface area contributed by atoms with Gasteiger partial charge in [-0.1, -0.05) is 24.3 Å². The zero-order chi connectivity index (χ0) is 20.2. The third-order valence-corrected chi connectivity index (χ3v) is 3.73. The highest BCUT2D eigenvalue weighted by atomic mass is 19.4. The van der Waals surface area contributed by atoms with Gasteiger partial charge in [-0.2, -0.15) is 13.2 Å². The summed E-state index contributed by atoms with van der Waals surface area (Å²) in [4.78, 5) is 23.3. The van der Waals surface area contributed by atoms with Gasteiger partial charge in [0.1, 0.15) is 17.7 Å². The first kappa shape index (κ1) is 20.3. The second-order valence-corrected chi connectivity index (χ2v) is 5.74. The lowest BCUT2D eigenvalue weighted by Crippen LogP contribution is -2.43. The molecule has 0 aliphatic carbocycles. The lowest BCUT2D eigenvalue weighted by molar-refractivity contribution is -0.141.